The molecular weight excluding hydrogens is 416 g/mol. The fourth-order valence-electron chi connectivity index (χ4n) is 4.52. The van der Waals surface area contributed by atoms with E-state index in [1.807, 2.05) is 23.1 Å². The number of nitrogens with one attached hydrogen (secondary N) is 4. The van der Waals surface area contributed by atoms with Crippen LogP contribution in [-0.2, 0) is 13.1 Å². The van der Waals surface area contributed by atoms with Crippen LogP contribution in [-0.4, -0.2) is 76.8 Å². The molecule has 0 spiro atoms. The Hall–Kier alpha value is -2.30. The lowest BCUT2D eigenvalue weighted by molar-refractivity contribution is 0.371. The van der Waals surface area contributed by atoms with Crippen molar-refractivity contribution < 1.29 is 0 Å². The van der Waals surface area contributed by atoms with Crippen molar-refractivity contribution in [3.8, 4) is 0 Å². The summed E-state index contributed by atoms with van der Waals surface area (Å²) in [5.74, 6) is 1.60. The van der Waals surface area contributed by atoms with Gasteiger partial charge in [-0.3, -0.25) is 4.68 Å². The second kappa shape index (κ2) is 13.4. The first-order chi connectivity index (χ1) is 16.4. The summed E-state index contributed by atoms with van der Waals surface area (Å²) >= 11 is 0. The number of nitrogens with zero attached hydrogens (tertiary/aromatic N) is 6. The van der Waals surface area contributed by atoms with Gasteiger partial charge in [0.2, 0.25) is 5.95 Å². The van der Waals surface area contributed by atoms with E-state index in [1.54, 1.807) is 0 Å². The van der Waals surface area contributed by atoms with Crippen molar-refractivity contribution in [1.29, 1.82) is 0 Å². The largest absolute Gasteiger partial charge is 0.354 e. The highest BCUT2D eigenvalue weighted by Gasteiger charge is 2.13. The minimum atomic E-state index is 0.567. The van der Waals surface area contributed by atoms with Crippen molar-refractivity contribution >= 4 is 11.8 Å². The van der Waals surface area contributed by atoms with Crippen molar-refractivity contribution in [2.75, 3.05) is 56.0 Å². The van der Waals surface area contributed by atoms with Crippen LogP contribution >= 0.6 is 0 Å². The Morgan fingerprint density at radius 3 is 2.76 bits per heavy atom. The van der Waals surface area contributed by atoms with Gasteiger partial charge in [0, 0.05) is 45.0 Å². The predicted molar refractivity (Wildman–Crippen MR) is 131 cm³/mol. The normalized spacial score (nSPS) is 17.4. The molecule has 0 aromatic carbocycles. The number of piperazine rings is 1. The first kappa shape index (κ1) is 23.8. The molecule has 33 heavy (non-hydrogen) atoms. The van der Waals surface area contributed by atoms with Gasteiger partial charge >= 0.3 is 0 Å². The van der Waals surface area contributed by atoms with Gasteiger partial charge in [-0.1, -0.05) is 24.5 Å². The maximum Gasteiger partial charge on any atom is 0.224 e. The molecule has 10 heteroatoms. The van der Waals surface area contributed by atoms with Crippen molar-refractivity contribution in [2.45, 2.75) is 64.1 Å². The van der Waals surface area contributed by atoms with E-state index in [0.717, 1.165) is 76.3 Å². The van der Waals surface area contributed by atoms with E-state index in [1.165, 1.54) is 38.5 Å². The summed E-state index contributed by atoms with van der Waals surface area (Å²) < 4.78 is 1.92. The van der Waals surface area contributed by atoms with E-state index < -0.39 is 0 Å². The SMILES string of the molecule is c1cc(N2CCNCC2)nc(NCc2cn(CCCNCCCNC3CCCCC3)nn2)n1. The molecule has 0 unspecified atom stereocenters. The molecule has 2 aromatic rings. The number of anilines is 2. The zero-order chi connectivity index (χ0) is 22.6. The predicted octanol–water partition coefficient (Wildman–Crippen LogP) is 1.38. The zero-order valence-electron chi connectivity index (χ0n) is 19.8. The average molecular weight is 457 g/mol. The summed E-state index contributed by atoms with van der Waals surface area (Å²) in [6, 6.07) is 2.73. The maximum absolute atomic E-state index is 4.64. The van der Waals surface area contributed by atoms with Crippen molar-refractivity contribution in [1.82, 2.24) is 40.9 Å². The Labute approximate surface area is 197 Å². The summed E-state index contributed by atoms with van der Waals surface area (Å²) in [6.45, 7) is 8.55. The van der Waals surface area contributed by atoms with Crippen LogP contribution in [0, 0.1) is 0 Å². The monoisotopic (exact) mass is 456 g/mol. The molecule has 2 aliphatic rings. The van der Waals surface area contributed by atoms with Gasteiger partial charge in [-0.15, -0.1) is 5.10 Å². The van der Waals surface area contributed by atoms with Gasteiger partial charge in [-0.2, -0.15) is 4.98 Å². The van der Waals surface area contributed by atoms with Crippen LogP contribution < -0.4 is 26.2 Å². The second-order valence-electron chi connectivity index (χ2n) is 9.05. The Morgan fingerprint density at radius 1 is 1.03 bits per heavy atom. The lowest BCUT2D eigenvalue weighted by Crippen LogP contribution is -2.43. The highest BCUT2D eigenvalue weighted by molar-refractivity contribution is 5.43. The summed E-state index contributed by atoms with van der Waals surface area (Å²) in [5, 5.41) is 22.4. The van der Waals surface area contributed by atoms with Crippen molar-refractivity contribution in [2.24, 2.45) is 0 Å². The maximum atomic E-state index is 4.64. The van der Waals surface area contributed by atoms with Gasteiger partial charge in [0.1, 0.15) is 11.5 Å². The van der Waals surface area contributed by atoms with Crippen LogP contribution in [0.4, 0.5) is 11.8 Å². The van der Waals surface area contributed by atoms with E-state index >= 15 is 0 Å². The quantitative estimate of drug-likeness (QED) is 0.333. The third-order valence-electron chi connectivity index (χ3n) is 6.40. The molecule has 4 N–H and O–H groups in total. The minimum Gasteiger partial charge on any atom is -0.354 e. The molecule has 1 aliphatic heterocycles. The number of aromatic nitrogens is 5. The molecule has 0 radical (unpaired) electrons. The molecule has 10 nitrogen and oxygen atoms in total. The lowest BCUT2D eigenvalue weighted by Gasteiger charge is -2.28. The van der Waals surface area contributed by atoms with Crippen molar-refractivity contribution in [3.05, 3.63) is 24.2 Å². The van der Waals surface area contributed by atoms with E-state index in [0.29, 0.717) is 12.5 Å². The number of hydrogen-bond acceptors (Lipinski definition) is 9. The summed E-state index contributed by atoms with van der Waals surface area (Å²) in [6.07, 6.45) is 13.0. The molecule has 1 saturated heterocycles. The van der Waals surface area contributed by atoms with Crippen molar-refractivity contribution in [3.63, 3.8) is 0 Å². The van der Waals surface area contributed by atoms with Crippen LogP contribution in [0.3, 0.4) is 0 Å². The zero-order valence-corrected chi connectivity index (χ0v) is 19.8. The second-order valence-corrected chi connectivity index (χ2v) is 9.05. The van der Waals surface area contributed by atoms with Crippen LogP contribution in [0.15, 0.2) is 18.5 Å². The van der Waals surface area contributed by atoms with Gasteiger partial charge < -0.3 is 26.2 Å². The highest BCUT2D eigenvalue weighted by atomic mass is 15.4. The molecule has 0 amide bonds. The number of rotatable bonds is 13. The Bertz CT molecular complexity index is 798. The standard InChI is InChI=1S/C23H40N10/c1-2-6-20(7-3-1)26-11-4-9-24-10-5-15-33-19-21(30-31-33)18-28-23-27-12-8-22(29-23)32-16-13-25-14-17-32/h8,12,19-20,24-26H,1-7,9-11,13-18H2,(H,27,28,29). The molecule has 1 aliphatic carbocycles. The number of hydrogen-bond donors (Lipinski definition) is 4. The summed E-state index contributed by atoms with van der Waals surface area (Å²) in [4.78, 5) is 11.3. The number of aryl methyl sites for hydroxylation is 1. The molecule has 1 saturated carbocycles. The Balaban J connectivity index is 1.07. The molecule has 0 atom stereocenters. The molecule has 4 rings (SSSR count). The third-order valence-corrected chi connectivity index (χ3v) is 6.40. The van der Waals surface area contributed by atoms with Crippen LogP contribution in [0.5, 0.6) is 0 Å². The highest BCUT2D eigenvalue weighted by Crippen LogP contribution is 2.17. The van der Waals surface area contributed by atoms with Crippen LogP contribution in [0.25, 0.3) is 0 Å². The average Bonchev–Trinajstić information content (AvgIpc) is 3.33. The van der Waals surface area contributed by atoms with E-state index in [9.17, 15) is 0 Å². The topological polar surface area (TPSA) is 108 Å². The van der Waals surface area contributed by atoms with E-state index in [4.69, 9.17) is 0 Å². The molecule has 2 aromatic heterocycles. The van der Waals surface area contributed by atoms with Crippen LogP contribution in [0.2, 0.25) is 0 Å². The first-order valence-corrected chi connectivity index (χ1v) is 12.7. The van der Waals surface area contributed by atoms with Gasteiger partial charge in [0.05, 0.1) is 12.7 Å². The van der Waals surface area contributed by atoms with Crippen LogP contribution in [0.1, 0.15) is 50.6 Å². The Morgan fingerprint density at radius 2 is 1.88 bits per heavy atom. The lowest BCUT2D eigenvalue weighted by atomic mass is 9.95. The summed E-state index contributed by atoms with van der Waals surface area (Å²) in [7, 11) is 0. The van der Waals surface area contributed by atoms with E-state index in [-0.39, 0.29) is 0 Å². The van der Waals surface area contributed by atoms with E-state index in [2.05, 4.69) is 46.4 Å². The molecular formula is C23H40N10. The van der Waals surface area contributed by atoms with Gasteiger partial charge in [-0.25, -0.2) is 4.98 Å². The first-order valence-electron chi connectivity index (χ1n) is 12.7. The molecule has 3 heterocycles. The summed E-state index contributed by atoms with van der Waals surface area (Å²) in [5.41, 5.74) is 0.896. The fraction of sp³-hybridized carbons (Fsp3) is 0.739. The van der Waals surface area contributed by atoms with Gasteiger partial charge in [0.25, 0.3) is 0 Å². The van der Waals surface area contributed by atoms with Gasteiger partial charge in [-0.05, 0) is 51.4 Å². The third kappa shape index (κ3) is 8.21. The molecule has 2 fully saturated rings. The molecule has 0 bridgehead atoms. The smallest absolute Gasteiger partial charge is 0.224 e. The molecule has 182 valence electrons. The Kier molecular flexibility index (Phi) is 9.69. The fourth-order valence-corrected chi connectivity index (χ4v) is 4.52. The van der Waals surface area contributed by atoms with Gasteiger partial charge in [0.15, 0.2) is 0 Å². The minimum absolute atomic E-state index is 0.567.